The third-order valence-electron chi connectivity index (χ3n) is 6.51. The molecule has 7 nitrogen and oxygen atoms in total. The van der Waals surface area contributed by atoms with Crippen molar-refractivity contribution in [3.63, 3.8) is 0 Å². The van der Waals surface area contributed by atoms with Crippen LogP contribution in [-0.2, 0) is 16.1 Å². The molecule has 2 aliphatic heterocycles. The number of likely N-dealkylation sites (tertiary alicyclic amines) is 1. The molecular formula is C30H29NO6. The molecule has 1 N–H and O–H groups in total. The van der Waals surface area contributed by atoms with Gasteiger partial charge in [-0.3, -0.25) is 9.59 Å². The lowest BCUT2D eigenvalue weighted by molar-refractivity contribution is -0.140. The second-order valence-corrected chi connectivity index (χ2v) is 9.04. The molecule has 3 aromatic carbocycles. The topological polar surface area (TPSA) is 85.3 Å². The minimum absolute atomic E-state index is 0.0391. The molecule has 0 unspecified atom stereocenters. The molecule has 0 aliphatic carbocycles. The molecule has 1 amide bonds. The van der Waals surface area contributed by atoms with Crippen LogP contribution in [0.1, 0.15) is 42.5 Å². The van der Waals surface area contributed by atoms with Crippen LogP contribution in [0, 0.1) is 0 Å². The largest absolute Gasteiger partial charge is 0.507 e. The van der Waals surface area contributed by atoms with E-state index in [0.717, 1.165) is 18.4 Å². The number of hydrogen-bond acceptors (Lipinski definition) is 6. The van der Waals surface area contributed by atoms with E-state index < -0.39 is 17.7 Å². The lowest BCUT2D eigenvalue weighted by atomic mass is 9.95. The lowest BCUT2D eigenvalue weighted by Gasteiger charge is -2.26. The Morgan fingerprint density at radius 3 is 2.43 bits per heavy atom. The third-order valence-corrected chi connectivity index (χ3v) is 6.51. The summed E-state index contributed by atoms with van der Waals surface area (Å²) in [5.74, 6) is 0.137. The molecule has 5 rings (SSSR count). The van der Waals surface area contributed by atoms with Gasteiger partial charge in [-0.25, -0.2) is 0 Å². The smallest absolute Gasteiger partial charge is 0.295 e. The first-order valence-electron chi connectivity index (χ1n) is 12.5. The summed E-state index contributed by atoms with van der Waals surface area (Å²) in [5, 5.41) is 11.4. The first kappa shape index (κ1) is 24.4. The number of nitrogens with zero attached hydrogens (tertiary/aromatic N) is 1. The number of aliphatic hydroxyl groups excluding tert-OH is 1. The number of Topliss-reactive ketones (excluding diaryl/α,β-unsaturated/α-hetero) is 1. The second kappa shape index (κ2) is 10.8. The predicted octanol–water partition coefficient (Wildman–Crippen LogP) is 5.26. The van der Waals surface area contributed by atoms with Crippen molar-refractivity contribution in [3.05, 3.63) is 95.1 Å². The molecule has 190 valence electrons. The van der Waals surface area contributed by atoms with Crippen molar-refractivity contribution in [1.82, 2.24) is 4.90 Å². The third kappa shape index (κ3) is 5.03. The van der Waals surface area contributed by atoms with Gasteiger partial charge in [0.2, 0.25) is 0 Å². The van der Waals surface area contributed by atoms with E-state index in [4.69, 9.17) is 14.2 Å². The maximum absolute atomic E-state index is 13.3. The van der Waals surface area contributed by atoms with Crippen molar-refractivity contribution in [3.8, 4) is 17.2 Å². The van der Waals surface area contributed by atoms with Crippen molar-refractivity contribution in [2.45, 2.75) is 32.4 Å². The first-order valence-corrected chi connectivity index (χ1v) is 12.5. The molecular weight excluding hydrogens is 470 g/mol. The molecule has 37 heavy (non-hydrogen) atoms. The van der Waals surface area contributed by atoms with E-state index >= 15 is 0 Å². The van der Waals surface area contributed by atoms with Gasteiger partial charge in [-0.2, -0.15) is 0 Å². The molecule has 0 spiro atoms. The number of benzene rings is 3. The molecule has 1 fully saturated rings. The van der Waals surface area contributed by atoms with E-state index in [2.05, 4.69) is 6.92 Å². The number of aliphatic hydroxyl groups is 1. The highest BCUT2D eigenvalue weighted by Gasteiger charge is 2.46. The number of rotatable bonds is 8. The summed E-state index contributed by atoms with van der Waals surface area (Å²) in [5.41, 5.74) is 2.01. The molecule has 0 aromatic heterocycles. The van der Waals surface area contributed by atoms with Gasteiger partial charge in [-0.1, -0.05) is 55.8 Å². The van der Waals surface area contributed by atoms with Crippen LogP contribution in [0.5, 0.6) is 17.2 Å². The Kier molecular flexibility index (Phi) is 7.12. The van der Waals surface area contributed by atoms with Gasteiger partial charge >= 0.3 is 0 Å². The fourth-order valence-electron chi connectivity index (χ4n) is 4.60. The molecule has 7 heteroatoms. The van der Waals surface area contributed by atoms with E-state index in [1.165, 1.54) is 4.90 Å². The summed E-state index contributed by atoms with van der Waals surface area (Å²) < 4.78 is 17.0. The Morgan fingerprint density at radius 2 is 1.70 bits per heavy atom. The summed E-state index contributed by atoms with van der Waals surface area (Å²) in [6.07, 6.45) is 1.99. The zero-order valence-corrected chi connectivity index (χ0v) is 20.7. The molecule has 1 saturated heterocycles. The number of hydrogen-bond donors (Lipinski definition) is 1. The van der Waals surface area contributed by atoms with Gasteiger partial charge in [-0.05, 0) is 47.9 Å². The normalized spacial score (nSPS) is 18.2. The van der Waals surface area contributed by atoms with Crippen LogP contribution in [-0.4, -0.2) is 41.5 Å². The van der Waals surface area contributed by atoms with E-state index in [9.17, 15) is 14.7 Å². The van der Waals surface area contributed by atoms with Crippen LogP contribution in [0.15, 0.2) is 78.4 Å². The quantitative estimate of drug-likeness (QED) is 0.197. The number of fused-ring (bicyclic) bond motifs is 1. The molecule has 2 heterocycles. The highest BCUT2D eigenvalue weighted by molar-refractivity contribution is 6.46. The van der Waals surface area contributed by atoms with Gasteiger partial charge in [0, 0.05) is 12.1 Å². The molecule has 1 atom stereocenters. The van der Waals surface area contributed by atoms with Crippen molar-refractivity contribution < 1.29 is 28.9 Å². The van der Waals surface area contributed by atoms with Crippen molar-refractivity contribution >= 4 is 17.4 Å². The summed E-state index contributed by atoms with van der Waals surface area (Å²) >= 11 is 0. The number of ketones is 1. The number of carbonyl (C=O) groups excluding carboxylic acids is 2. The number of ether oxygens (including phenoxy) is 3. The summed E-state index contributed by atoms with van der Waals surface area (Å²) in [4.78, 5) is 28.1. The SMILES string of the molecule is CCCCOc1ccc([C@H]2C(=C(O)c3ccc4c(c3)OCCO4)C(=O)C(=O)N2Cc2ccccc2)cc1. The fraction of sp³-hybridized carbons (Fsp3) is 0.267. The molecule has 0 radical (unpaired) electrons. The highest BCUT2D eigenvalue weighted by Crippen LogP contribution is 2.42. The van der Waals surface area contributed by atoms with Gasteiger partial charge in [0.05, 0.1) is 18.2 Å². The zero-order valence-electron chi connectivity index (χ0n) is 20.7. The van der Waals surface area contributed by atoms with Gasteiger partial charge in [0.1, 0.15) is 24.7 Å². The average Bonchev–Trinajstić information content (AvgIpc) is 3.18. The Balaban J connectivity index is 1.56. The number of amides is 1. The lowest BCUT2D eigenvalue weighted by Crippen LogP contribution is -2.29. The monoisotopic (exact) mass is 499 g/mol. The first-order chi connectivity index (χ1) is 18.1. The van der Waals surface area contributed by atoms with Crippen LogP contribution in [0.2, 0.25) is 0 Å². The molecule has 3 aromatic rings. The van der Waals surface area contributed by atoms with Gasteiger partial charge in [0.25, 0.3) is 11.7 Å². The Hall–Kier alpha value is -4.26. The van der Waals surface area contributed by atoms with E-state index in [-0.39, 0.29) is 17.9 Å². The van der Waals surface area contributed by atoms with Crippen molar-refractivity contribution in [2.75, 3.05) is 19.8 Å². The minimum Gasteiger partial charge on any atom is -0.507 e. The van der Waals surface area contributed by atoms with Gasteiger partial charge in [0.15, 0.2) is 11.5 Å². The maximum atomic E-state index is 13.3. The summed E-state index contributed by atoms with van der Waals surface area (Å²) in [6.45, 7) is 3.78. The second-order valence-electron chi connectivity index (χ2n) is 9.04. The predicted molar refractivity (Wildman–Crippen MR) is 139 cm³/mol. The van der Waals surface area contributed by atoms with Crippen molar-refractivity contribution in [2.24, 2.45) is 0 Å². The Morgan fingerprint density at radius 1 is 0.973 bits per heavy atom. The van der Waals surface area contributed by atoms with E-state index in [0.29, 0.717) is 48.2 Å². The van der Waals surface area contributed by atoms with Gasteiger partial charge < -0.3 is 24.2 Å². The Bertz CT molecular complexity index is 1320. The molecule has 0 saturated carbocycles. The van der Waals surface area contributed by atoms with Crippen LogP contribution >= 0.6 is 0 Å². The highest BCUT2D eigenvalue weighted by atomic mass is 16.6. The average molecular weight is 500 g/mol. The minimum atomic E-state index is -0.766. The maximum Gasteiger partial charge on any atom is 0.295 e. The Labute approximate surface area is 215 Å². The van der Waals surface area contributed by atoms with Crippen LogP contribution in [0.4, 0.5) is 0 Å². The van der Waals surface area contributed by atoms with E-state index in [1.807, 2.05) is 54.6 Å². The number of carbonyl (C=O) groups is 2. The van der Waals surface area contributed by atoms with Crippen LogP contribution < -0.4 is 14.2 Å². The fourth-order valence-corrected chi connectivity index (χ4v) is 4.60. The van der Waals surface area contributed by atoms with Crippen molar-refractivity contribution in [1.29, 1.82) is 0 Å². The number of unbranched alkanes of at least 4 members (excludes halogenated alkanes) is 1. The van der Waals surface area contributed by atoms with Gasteiger partial charge in [-0.15, -0.1) is 0 Å². The zero-order chi connectivity index (χ0) is 25.8. The molecule has 2 aliphatic rings. The van der Waals surface area contributed by atoms with Crippen LogP contribution in [0.25, 0.3) is 5.76 Å². The van der Waals surface area contributed by atoms with E-state index in [1.54, 1.807) is 18.2 Å². The summed E-state index contributed by atoms with van der Waals surface area (Å²) in [6, 6.07) is 21.1. The summed E-state index contributed by atoms with van der Waals surface area (Å²) in [7, 11) is 0. The molecule has 0 bridgehead atoms. The standard InChI is InChI=1S/C30H29NO6/c1-2-3-15-35-23-12-9-21(10-13-23)27-26(28(32)22-11-14-24-25(18-22)37-17-16-36-24)29(33)30(34)31(27)19-20-7-5-4-6-8-20/h4-14,18,27,32H,2-3,15-17,19H2,1H3/t27-/m0/s1. The van der Waals surface area contributed by atoms with Crippen LogP contribution in [0.3, 0.4) is 0 Å².